The van der Waals surface area contributed by atoms with Crippen molar-refractivity contribution in [1.29, 1.82) is 0 Å². The van der Waals surface area contributed by atoms with Gasteiger partial charge in [0, 0.05) is 43.6 Å². The molecule has 0 bridgehead atoms. The fourth-order valence-corrected chi connectivity index (χ4v) is 5.13. The normalized spacial score (nSPS) is 17.0. The number of nitrogens with one attached hydrogen (secondary N) is 2. The molecule has 224 valence electrons. The van der Waals surface area contributed by atoms with Gasteiger partial charge in [-0.2, -0.15) is 0 Å². The lowest BCUT2D eigenvalue weighted by Crippen LogP contribution is -2.55. The third-order valence-corrected chi connectivity index (χ3v) is 7.88. The molecule has 1 saturated heterocycles. The average Bonchev–Trinajstić information content (AvgIpc) is 2.96. The molecular weight excluding hydrogens is 596 g/mol. The average molecular weight is 624 g/mol. The summed E-state index contributed by atoms with van der Waals surface area (Å²) < 4.78 is 62.9. The molecule has 42 heavy (non-hydrogen) atoms. The van der Waals surface area contributed by atoms with Gasteiger partial charge in [-0.3, -0.25) is 9.59 Å². The molecule has 2 heterocycles. The van der Waals surface area contributed by atoms with Gasteiger partial charge in [-0.1, -0.05) is 18.2 Å². The minimum Gasteiger partial charge on any atom is -0.493 e. The lowest BCUT2D eigenvalue weighted by molar-refractivity contribution is -0.140. The molecule has 4 rings (SSSR count). The lowest BCUT2D eigenvalue weighted by atomic mass is 9.98. The van der Waals surface area contributed by atoms with E-state index in [1.807, 2.05) is 0 Å². The van der Waals surface area contributed by atoms with Crippen molar-refractivity contribution in [2.45, 2.75) is 25.0 Å². The molecule has 0 radical (unpaired) electrons. The van der Waals surface area contributed by atoms with Crippen LogP contribution in [0.2, 0.25) is 5.02 Å². The third-order valence-electron chi connectivity index (χ3n) is 6.59. The third kappa shape index (κ3) is 7.05. The molecule has 1 fully saturated rings. The number of benzene rings is 2. The first-order chi connectivity index (χ1) is 19.9. The standard InChI is InChI=1S/C27H28ClF2N5O6S/c1-4-23(36)35-9-7-15(11-20(35)27(37)31-8-10-42(3,38)39)41-22-12-16-19(13-21(22)40-2)32-14-33-26(16)34-18-6-5-17(29)24(28)25(18)30/h4-6,12-15,20H,1,7-11H2,2-3H3,(H,31,37)(H,32,33,34)/t15-,20-/m0/s1. The fraction of sp³-hybridized carbons (Fsp3) is 0.333. The Morgan fingerprint density at radius 2 is 2.00 bits per heavy atom. The molecule has 0 saturated carbocycles. The Balaban J connectivity index is 1.61. The molecule has 1 aliphatic heterocycles. The Labute approximate surface area is 245 Å². The smallest absolute Gasteiger partial charge is 0.246 e. The number of hydrogen-bond donors (Lipinski definition) is 2. The molecule has 0 unspecified atom stereocenters. The number of hydrogen-bond acceptors (Lipinski definition) is 9. The summed E-state index contributed by atoms with van der Waals surface area (Å²) in [7, 11) is -1.86. The van der Waals surface area contributed by atoms with Crippen molar-refractivity contribution < 1.29 is 36.3 Å². The van der Waals surface area contributed by atoms with E-state index in [2.05, 4.69) is 27.2 Å². The van der Waals surface area contributed by atoms with Crippen molar-refractivity contribution in [3.63, 3.8) is 0 Å². The number of nitrogens with zero attached hydrogens (tertiary/aromatic N) is 3. The molecule has 0 spiro atoms. The van der Waals surface area contributed by atoms with Gasteiger partial charge in [-0.15, -0.1) is 0 Å². The van der Waals surface area contributed by atoms with Gasteiger partial charge in [0.2, 0.25) is 11.8 Å². The van der Waals surface area contributed by atoms with E-state index >= 15 is 0 Å². The predicted octanol–water partition coefficient (Wildman–Crippen LogP) is 3.40. The van der Waals surface area contributed by atoms with E-state index in [0.717, 1.165) is 18.4 Å². The van der Waals surface area contributed by atoms with Crippen molar-refractivity contribution in [3.05, 3.63) is 59.9 Å². The first-order valence-corrected chi connectivity index (χ1v) is 15.1. The van der Waals surface area contributed by atoms with Crippen molar-refractivity contribution in [3.8, 4) is 11.5 Å². The summed E-state index contributed by atoms with van der Waals surface area (Å²) in [5.74, 6) is -2.34. The van der Waals surface area contributed by atoms with E-state index in [0.29, 0.717) is 23.1 Å². The monoisotopic (exact) mass is 623 g/mol. The van der Waals surface area contributed by atoms with Gasteiger partial charge in [-0.25, -0.2) is 27.2 Å². The maximum absolute atomic E-state index is 14.6. The second kappa shape index (κ2) is 12.9. The zero-order valence-corrected chi connectivity index (χ0v) is 24.3. The van der Waals surface area contributed by atoms with Crippen LogP contribution < -0.4 is 20.1 Å². The van der Waals surface area contributed by atoms with E-state index in [4.69, 9.17) is 21.1 Å². The van der Waals surface area contributed by atoms with Crippen LogP contribution in [0.15, 0.2) is 43.2 Å². The van der Waals surface area contributed by atoms with Crippen LogP contribution in [0.25, 0.3) is 10.9 Å². The molecule has 1 aromatic heterocycles. The van der Waals surface area contributed by atoms with Crippen LogP contribution in [0, 0.1) is 11.6 Å². The fourth-order valence-electron chi connectivity index (χ4n) is 4.49. The quantitative estimate of drug-likeness (QED) is 0.257. The highest BCUT2D eigenvalue weighted by Gasteiger charge is 2.36. The van der Waals surface area contributed by atoms with E-state index < -0.39 is 50.5 Å². The summed E-state index contributed by atoms with van der Waals surface area (Å²) in [6.07, 6.45) is 3.34. The molecule has 1 aliphatic rings. The van der Waals surface area contributed by atoms with Crippen molar-refractivity contribution in [2.75, 3.05) is 37.5 Å². The van der Waals surface area contributed by atoms with Crippen LogP contribution in [-0.2, 0) is 19.4 Å². The topological polar surface area (TPSA) is 140 Å². The number of amides is 2. The zero-order chi connectivity index (χ0) is 30.6. The second-order valence-corrected chi connectivity index (χ2v) is 12.2. The minimum absolute atomic E-state index is 0.0984. The summed E-state index contributed by atoms with van der Waals surface area (Å²) in [6.45, 7) is 3.57. The van der Waals surface area contributed by atoms with Crippen LogP contribution in [0.3, 0.4) is 0 Å². The number of halogens is 3. The van der Waals surface area contributed by atoms with E-state index in [9.17, 15) is 26.8 Å². The number of aromatic nitrogens is 2. The number of fused-ring (bicyclic) bond motifs is 1. The van der Waals surface area contributed by atoms with Gasteiger partial charge in [0.25, 0.3) is 0 Å². The Kier molecular flexibility index (Phi) is 9.46. The van der Waals surface area contributed by atoms with Gasteiger partial charge in [0.05, 0.1) is 24.1 Å². The molecule has 2 N–H and O–H groups in total. The lowest BCUT2D eigenvalue weighted by Gasteiger charge is -2.38. The largest absolute Gasteiger partial charge is 0.493 e. The van der Waals surface area contributed by atoms with Crippen molar-refractivity contribution >= 4 is 55.7 Å². The van der Waals surface area contributed by atoms with Gasteiger partial charge >= 0.3 is 0 Å². The highest BCUT2D eigenvalue weighted by molar-refractivity contribution is 7.90. The number of ether oxygens (including phenoxy) is 2. The Bertz CT molecular complexity index is 1640. The van der Waals surface area contributed by atoms with Crippen LogP contribution in [0.5, 0.6) is 11.5 Å². The van der Waals surface area contributed by atoms with Gasteiger partial charge < -0.3 is 25.0 Å². The molecule has 15 heteroatoms. The first kappa shape index (κ1) is 30.9. The highest BCUT2D eigenvalue weighted by atomic mass is 35.5. The van der Waals surface area contributed by atoms with Crippen LogP contribution in [0.1, 0.15) is 12.8 Å². The Morgan fingerprint density at radius 3 is 2.69 bits per heavy atom. The molecule has 2 amide bonds. The molecule has 2 atom stereocenters. The number of piperidine rings is 1. The first-order valence-electron chi connectivity index (χ1n) is 12.7. The van der Waals surface area contributed by atoms with Gasteiger partial charge in [0.1, 0.15) is 45.0 Å². The molecule has 0 aliphatic carbocycles. The van der Waals surface area contributed by atoms with Crippen LogP contribution >= 0.6 is 11.6 Å². The SMILES string of the molecule is C=CC(=O)N1CC[C@H](Oc2cc3c(Nc4ccc(F)c(Cl)c4F)ncnc3cc2OC)C[C@H]1C(=O)NCCS(C)(=O)=O. The van der Waals surface area contributed by atoms with Crippen molar-refractivity contribution in [2.24, 2.45) is 0 Å². The molecule has 2 aromatic carbocycles. The maximum Gasteiger partial charge on any atom is 0.246 e. The van der Waals surface area contributed by atoms with Crippen LogP contribution in [0.4, 0.5) is 20.3 Å². The zero-order valence-electron chi connectivity index (χ0n) is 22.7. The summed E-state index contributed by atoms with van der Waals surface area (Å²) in [4.78, 5) is 35.3. The number of carbonyl (C=O) groups is 2. The number of anilines is 2. The Morgan fingerprint density at radius 1 is 1.24 bits per heavy atom. The van der Waals surface area contributed by atoms with Crippen LogP contribution in [-0.4, -0.2) is 79.5 Å². The molecule has 3 aromatic rings. The number of carbonyl (C=O) groups excluding carboxylic acids is 2. The molecular formula is C27H28ClF2N5O6S. The molecule has 11 nitrogen and oxygen atoms in total. The van der Waals surface area contributed by atoms with Gasteiger partial charge in [0.15, 0.2) is 17.3 Å². The van der Waals surface area contributed by atoms with E-state index in [-0.39, 0.29) is 42.5 Å². The number of methoxy groups -OCH3 is 1. The summed E-state index contributed by atoms with van der Waals surface area (Å²) in [5.41, 5.74) is 0.323. The maximum atomic E-state index is 14.6. The Hall–Kier alpha value is -4.04. The second-order valence-electron chi connectivity index (χ2n) is 9.53. The van der Waals surface area contributed by atoms with Crippen molar-refractivity contribution in [1.82, 2.24) is 20.2 Å². The summed E-state index contributed by atoms with van der Waals surface area (Å²) in [5, 5.41) is 5.13. The number of sulfone groups is 1. The summed E-state index contributed by atoms with van der Waals surface area (Å²) >= 11 is 5.72. The predicted molar refractivity (Wildman–Crippen MR) is 153 cm³/mol. The van der Waals surface area contributed by atoms with E-state index in [1.54, 1.807) is 12.1 Å². The number of rotatable bonds is 10. The summed E-state index contributed by atoms with van der Waals surface area (Å²) in [6, 6.07) is 4.45. The minimum atomic E-state index is -3.30. The van der Waals surface area contributed by atoms with E-state index in [1.165, 1.54) is 24.4 Å². The number of likely N-dealkylation sites (tertiary alicyclic amines) is 1. The van der Waals surface area contributed by atoms with Gasteiger partial charge in [-0.05, 0) is 24.3 Å². The highest BCUT2D eigenvalue weighted by Crippen LogP contribution is 2.37.